The Kier molecular flexibility index (Phi) is 3.60. The van der Waals surface area contributed by atoms with E-state index in [9.17, 15) is 0 Å². The zero-order valence-corrected chi connectivity index (χ0v) is 11.9. The van der Waals surface area contributed by atoms with E-state index in [1.807, 2.05) is 18.2 Å². The molecule has 0 spiro atoms. The predicted molar refractivity (Wildman–Crippen MR) is 82.0 cm³/mol. The summed E-state index contributed by atoms with van der Waals surface area (Å²) < 4.78 is 0. The number of fused-ring (bicyclic) bond motifs is 1. The average Bonchev–Trinajstić information content (AvgIpc) is 2.49. The van der Waals surface area contributed by atoms with E-state index in [2.05, 4.69) is 35.3 Å². The topological polar surface area (TPSA) is 36.7 Å². The van der Waals surface area contributed by atoms with Gasteiger partial charge in [0.25, 0.3) is 0 Å². The lowest BCUT2D eigenvalue weighted by atomic mass is 10.1. The van der Waals surface area contributed by atoms with Crippen molar-refractivity contribution in [1.29, 1.82) is 5.26 Å². The van der Waals surface area contributed by atoms with Gasteiger partial charge < -0.3 is 0 Å². The third-order valence-electron chi connectivity index (χ3n) is 2.91. The lowest BCUT2D eigenvalue weighted by Crippen LogP contribution is -1.85. The fourth-order valence-electron chi connectivity index (χ4n) is 1.92. The molecule has 1 aromatic heterocycles. The Labute approximate surface area is 126 Å². The summed E-state index contributed by atoms with van der Waals surface area (Å²) in [4.78, 5) is 5.29. The van der Waals surface area contributed by atoms with Crippen LogP contribution in [0.2, 0.25) is 5.02 Å². The molecule has 0 saturated heterocycles. The molecule has 0 unspecified atom stereocenters. The van der Waals surface area contributed by atoms with Crippen molar-refractivity contribution in [3.05, 3.63) is 65.3 Å². The van der Waals surface area contributed by atoms with Crippen molar-refractivity contribution in [2.45, 2.75) is 9.92 Å². The van der Waals surface area contributed by atoms with Gasteiger partial charge in [0.15, 0.2) is 0 Å². The van der Waals surface area contributed by atoms with E-state index in [1.165, 1.54) is 22.5 Å². The van der Waals surface area contributed by atoms with Gasteiger partial charge >= 0.3 is 0 Å². The van der Waals surface area contributed by atoms with Crippen LogP contribution >= 0.6 is 23.4 Å². The Morgan fingerprint density at radius 3 is 2.65 bits per heavy atom. The fourth-order valence-corrected chi connectivity index (χ4v) is 3.05. The van der Waals surface area contributed by atoms with Crippen LogP contribution in [0, 0.1) is 11.3 Å². The van der Waals surface area contributed by atoms with Crippen LogP contribution in [0.3, 0.4) is 0 Å². The quantitative estimate of drug-likeness (QED) is 0.674. The Bertz CT molecular complexity index is 824. The molecule has 0 aliphatic heterocycles. The highest BCUT2D eigenvalue weighted by atomic mass is 35.5. The summed E-state index contributed by atoms with van der Waals surface area (Å²) in [5.74, 6) is 0. The lowest BCUT2D eigenvalue weighted by Gasteiger charge is -2.05. The maximum absolute atomic E-state index is 8.98. The molecule has 0 radical (unpaired) electrons. The fraction of sp³-hybridized carbons (Fsp3) is 0. The lowest BCUT2D eigenvalue weighted by molar-refractivity contribution is 1.12. The van der Waals surface area contributed by atoms with Crippen LogP contribution < -0.4 is 0 Å². The normalized spacial score (nSPS) is 10.4. The molecule has 0 aliphatic rings. The van der Waals surface area contributed by atoms with E-state index >= 15 is 0 Å². The number of halogens is 1. The Morgan fingerprint density at radius 2 is 1.85 bits per heavy atom. The number of rotatable bonds is 2. The van der Waals surface area contributed by atoms with Crippen LogP contribution in [0.25, 0.3) is 10.8 Å². The number of aromatic nitrogens is 1. The van der Waals surface area contributed by atoms with E-state index in [0.717, 1.165) is 4.90 Å². The first-order chi connectivity index (χ1) is 9.78. The molecule has 0 aliphatic carbocycles. The summed E-state index contributed by atoms with van der Waals surface area (Å²) in [6.45, 7) is 0. The first-order valence-corrected chi connectivity index (χ1v) is 7.18. The molecule has 0 fully saturated rings. The molecule has 2 aromatic carbocycles. The summed E-state index contributed by atoms with van der Waals surface area (Å²) in [5.41, 5.74) is 0.449. The number of benzene rings is 2. The molecule has 4 heteroatoms. The largest absolute Gasteiger partial charge is 0.248 e. The van der Waals surface area contributed by atoms with Gasteiger partial charge in [-0.25, -0.2) is 4.98 Å². The highest BCUT2D eigenvalue weighted by Gasteiger charge is 2.09. The first kappa shape index (κ1) is 13.0. The minimum Gasteiger partial charge on any atom is -0.248 e. The minimum atomic E-state index is 0.410. The molecule has 0 atom stereocenters. The number of pyridine rings is 1. The van der Waals surface area contributed by atoms with Crippen molar-refractivity contribution in [2.75, 3.05) is 0 Å². The Morgan fingerprint density at radius 1 is 1.05 bits per heavy atom. The third-order valence-corrected chi connectivity index (χ3v) is 4.40. The summed E-state index contributed by atoms with van der Waals surface area (Å²) in [7, 11) is 0. The van der Waals surface area contributed by atoms with Crippen molar-refractivity contribution in [1.82, 2.24) is 4.98 Å². The zero-order valence-electron chi connectivity index (χ0n) is 10.4. The van der Waals surface area contributed by atoms with Crippen LogP contribution in [0.1, 0.15) is 5.56 Å². The molecule has 20 heavy (non-hydrogen) atoms. The zero-order chi connectivity index (χ0) is 13.9. The number of nitriles is 1. The molecule has 3 aromatic rings. The smallest absolute Gasteiger partial charge is 0.121 e. The monoisotopic (exact) mass is 296 g/mol. The van der Waals surface area contributed by atoms with Gasteiger partial charge in [0.2, 0.25) is 0 Å². The molecule has 2 nitrogen and oxygen atoms in total. The van der Waals surface area contributed by atoms with Gasteiger partial charge in [-0.2, -0.15) is 5.26 Å². The van der Waals surface area contributed by atoms with E-state index in [4.69, 9.17) is 16.9 Å². The van der Waals surface area contributed by atoms with Crippen molar-refractivity contribution < 1.29 is 0 Å². The third kappa shape index (κ3) is 2.49. The molecule has 0 amide bonds. The standard InChI is InChI=1S/C16H9ClN2S/c17-15-13(10-18)7-8-19-16(15)20-14-6-5-11-3-1-2-4-12(11)9-14/h1-9H. The predicted octanol–water partition coefficient (Wildman–Crippen LogP) is 4.91. The van der Waals surface area contributed by atoms with Crippen LogP contribution in [0.4, 0.5) is 0 Å². The SMILES string of the molecule is N#Cc1ccnc(Sc2ccc3ccccc3c2)c1Cl. The second kappa shape index (κ2) is 5.54. The second-order valence-corrected chi connectivity index (χ2v) is 5.64. The number of nitrogens with zero attached hydrogens (tertiary/aromatic N) is 2. The maximum atomic E-state index is 8.98. The van der Waals surface area contributed by atoms with E-state index in [1.54, 1.807) is 12.3 Å². The number of hydrogen-bond donors (Lipinski definition) is 0. The van der Waals surface area contributed by atoms with E-state index < -0.39 is 0 Å². The van der Waals surface area contributed by atoms with Crippen molar-refractivity contribution in [3.63, 3.8) is 0 Å². The highest BCUT2D eigenvalue weighted by Crippen LogP contribution is 2.34. The Balaban J connectivity index is 1.99. The maximum Gasteiger partial charge on any atom is 0.121 e. The van der Waals surface area contributed by atoms with Gasteiger partial charge in [0.05, 0.1) is 10.6 Å². The van der Waals surface area contributed by atoms with E-state index in [-0.39, 0.29) is 0 Å². The molecular formula is C16H9ClN2S. The van der Waals surface area contributed by atoms with Crippen LogP contribution in [-0.2, 0) is 0 Å². The molecule has 0 saturated carbocycles. The minimum absolute atomic E-state index is 0.410. The van der Waals surface area contributed by atoms with Crippen molar-refractivity contribution in [3.8, 4) is 6.07 Å². The summed E-state index contributed by atoms with van der Waals surface area (Å²) in [5, 5.41) is 12.4. The van der Waals surface area contributed by atoms with Gasteiger partial charge in [-0.3, -0.25) is 0 Å². The van der Waals surface area contributed by atoms with Gasteiger partial charge in [0.1, 0.15) is 11.1 Å². The van der Waals surface area contributed by atoms with Gasteiger partial charge in [-0.15, -0.1) is 0 Å². The molecule has 3 rings (SSSR count). The highest BCUT2D eigenvalue weighted by molar-refractivity contribution is 7.99. The van der Waals surface area contributed by atoms with Gasteiger partial charge in [-0.1, -0.05) is 53.7 Å². The van der Waals surface area contributed by atoms with Crippen LogP contribution in [0.15, 0.2) is 64.6 Å². The Hall–Kier alpha value is -2.02. The van der Waals surface area contributed by atoms with E-state index in [0.29, 0.717) is 15.6 Å². The van der Waals surface area contributed by atoms with Crippen LogP contribution in [-0.4, -0.2) is 4.98 Å². The summed E-state index contributed by atoms with van der Waals surface area (Å²) in [6.07, 6.45) is 1.60. The molecule has 0 bridgehead atoms. The van der Waals surface area contributed by atoms with Crippen molar-refractivity contribution >= 4 is 34.1 Å². The first-order valence-electron chi connectivity index (χ1n) is 5.99. The summed E-state index contributed by atoms with van der Waals surface area (Å²) >= 11 is 7.64. The molecule has 96 valence electrons. The second-order valence-electron chi connectivity index (χ2n) is 4.20. The molecular weight excluding hydrogens is 288 g/mol. The van der Waals surface area contributed by atoms with Gasteiger partial charge in [-0.05, 0) is 29.0 Å². The van der Waals surface area contributed by atoms with Gasteiger partial charge in [0, 0.05) is 11.1 Å². The summed E-state index contributed by atoms with van der Waals surface area (Å²) in [6, 6.07) is 18.1. The van der Waals surface area contributed by atoms with Crippen molar-refractivity contribution in [2.24, 2.45) is 0 Å². The average molecular weight is 297 g/mol. The van der Waals surface area contributed by atoms with Crippen LogP contribution in [0.5, 0.6) is 0 Å². The molecule has 0 N–H and O–H groups in total. The number of hydrogen-bond acceptors (Lipinski definition) is 3. The molecule has 1 heterocycles.